The van der Waals surface area contributed by atoms with Crippen LogP contribution in [0, 0.1) is 5.82 Å². The molecule has 7 nitrogen and oxygen atoms in total. The van der Waals surface area contributed by atoms with Crippen LogP contribution >= 0.6 is 11.6 Å². The van der Waals surface area contributed by atoms with Crippen molar-refractivity contribution in [3.63, 3.8) is 0 Å². The van der Waals surface area contributed by atoms with Gasteiger partial charge in [-0.25, -0.2) is 14.0 Å². The topological polar surface area (TPSA) is 81.8 Å². The summed E-state index contributed by atoms with van der Waals surface area (Å²) >= 11 is 5.89. The number of imide groups is 1. The summed E-state index contributed by atoms with van der Waals surface area (Å²) in [6.07, 6.45) is 0.650. The van der Waals surface area contributed by atoms with Crippen LogP contribution in [0.25, 0.3) is 0 Å². The molecule has 0 radical (unpaired) electrons. The maximum absolute atomic E-state index is 13.0. The highest BCUT2D eigenvalue weighted by Crippen LogP contribution is 2.31. The molecule has 2 aliphatic rings. The van der Waals surface area contributed by atoms with Crippen LogP contribution in [-0.4, -0.2) is 46.4 Å². The molecule has 2 aliphatic heterocycles. The molecule has 2 saturated heterocycles. The summed E-state index contributed by atoms with van der Waals surface area (Å²) in [6, 6.07) is 11.7. The van der Waals surface area contributed by atoms with Crippen molar-refractivity contribution >= 4 is 35.3 Å². The van der Waals surface area contributed by atoms with Gasteiger partial charge < -0.3 is 15.5 Å². The van der Waals surface area contributed by atoms with E-state index in [-0.39, 0.29) is 24.3 Å². The zero-order valence-electron chi connectivity index (χ0n) is 16.0. The van der Waals surface area contributed by atoms with Crippen LogP contribution in [0.15, 0.2) is 48.5 Å². The molecule has 0 aromatic heterocycles. The van der Waals surface area contributed by atoms with Crippen molar-refractivity contribution in [2.24, 2.45) is 0 Å². The number of carbonyl (C=O) groups is 3. The fourth-order valence-electron chi connectivity index (χ4n) is 3.76. The van der Waals surface area contributed by atoms with Gasteiger partial charge in [-0.1, -0.05) is 23.7 Å². The zero-order valence-corrected chi connectivity index (χ0v) is 16.8. The van der Waals surface area contributed by atoms with E-state index in [2.05, 4.69) is 10.6 Å². The van der Waals surface area contributed by atoms with Gasteiger partial charge in [0.05, 0.1) is 6.54 Å². The second-order valence-corrected chi connectivity index (χ2v) is 7.89. The molecule has 2 aromatic carbocycles. The fourth-order valence-corrected chi connectivity index (χ4v) is 3.88. The van der Waals surface area contributed by atoms with Gasteiger partial charge in [-0.15, -0.1) is 0 Å². The third-order valence-electron chi connectivity index (χ3n) is 5.50. The van der Waals surface area contributed by atoms with Crippen molar-refractivity contribution in [2.45, 2.75) is 24.9 Å². The number of nitrogens with zero attached hydrogens (tertiary/aromatic N) is 2. The molecule has 2 N–H and O–H groups in total. The minimum atomic E-state index is -0.990. The van der Waals surface area contributed by atoms with E-state index in [0.29, 0.717) is 36.6 Å². The summed E-state index contributed by atoms with van der Waals surface area (Å²) in [6.45, 7) is 0.792. The lowest BCUT2D eigenvalue weighted by atomic mass is 9.87. The summed E-state index contributed by atoms with van der Waals surface area (Å²) in [5.41, 5.74) is 0.299. The summed E-state index contributed by atoms with van der Waals surface area (Å²) < 4.78 is 13.0. The van der Waals surface area contributed by atoms with Crippen molar-refractivity contribution in [2.75, 3.05) is 18.4 Å². The number of anilines is 1. The molecule has 5 amide bonds. The lowest BCUT2D eigenvalue weighted by molar-refractivity contribution is -0.133. The minimum absolute atomic E-state index is 0.165. The zero-order chi connectivity index (χ0) is 21.3. The Morgan fingerprint density at radius 3 is 2.33 bits per heavy atom. The van der Waals surface area contributed by atoms with Crippen LogP contribution in [0.5, 0.6) is 0 Å². The quantitative estimate of drug-likeness (QED) is 0.730. The largest absolute Gasteiger partial charge is 0.325 e. The normalized spacial score (nSPS) is 17.9. The first-order chi connectivity index (χ1) is 14.4. The molecular formula is C21H20ClFN4O3. The molecule has 156 valence electrons. The molecular weight excluding hydrogens is 411 g/mol. The van der Waals surface area contributed by atoms with Crippen molar-refractivity contribution in [1.29, 1.82) is 0 Å². The molecule has 2 heterocycles. The maximum atomic E-state index is 13.0. The smallest absolute Gasteiger partial charge is 0.324 e. The third kappa shape index (κ3) is 3.95. The van der Waals surface area contributed by atoms with Gasteiger partial charge in [-0.2, -0.15) is 0 Å². The number of benzene rings is 2. The summed E-state index contributed by atoms with van der Waals surface area (Å²) in [5, 5.41) is 6.12. The Morgan fingerprint density at radius 2 is 1.70 bits per heavy atom. The van der Waals surface area contributed by atoms with Crippen LogP contribution in [0.1, 0.15) is 18.4 Å². The molecule has 9 heteroatoms. The standard InChI is InChI=1S/C21H20ClFN4O3/c22-15-3-1-14(2-4-15)13-27-18(28)21(25-20(27)30)9-11-26(12-10-21)19(29)24-17-7-5-16(23)6-8-17/h1-8H,9-13H2,(H,24,29)(H,25,30). The predicted molar refractivity (Wildman–Crippen MR) is 109 cm³/mol. The Hall–Kier alpha value is -3.13. The second-order valence-electron chi connectivity index (χ2n) is 7.45. The molecule has 0 atom stereocenters. The number of carbonyl (C=O) groups excluding carboxylic acids is 3. The van der Waals surface area contributed by atoms with Crippen molar-refractivity contribution in [1.82, 2.24) is 15.1 Å². The molecule has 2 fully saturated rings. The monoisotopic (exact) mass is 430 g/mol. The van der Waals surface area contributed by atoms with E-state index >= 15 is 0 Å². The van der Waals surface area contributed by atoms with E-state index in [0.717, 1.165) is 5.56 Å². The van der Waals surface area contributed by atoms with Gasteiger partial charge >= 0.3 is 12.1 Å². The molecule has 0 aliphatic carbocycles. The van der Waals surface area contributed by atoms with Gasteiger partial charge in [-0.05, 0) is 54.8 Å². The molecule has 0 saturated carbocycles. The first-order valence-electron chi connectivity index (χ1n) is 9.56. The lowest BCUT2D eigenvalue weighted by Crippen LogP contribution is -2.56. The van der Waals surface area contributed by atoms with Gasteiger partial charge in [0, 0.05) is 23.8 Å². The Balaban J connectivity index is 1.38. The first-order valence-corrected chi connectivity index (χ1v) is 9.94. The van der Waals surface area contributed by atoms with Crippen LogP contribution in [-0.2, 0) is 11.3 Å². The average molecular weight is 431 g/mol. The van der Waals surface area contributed by atoms with E-state index in [4.69, 9.17) is 11.6 Å². The van der Waals surface area contributed by atoms with E-state index < -0.39 is 11.6 Å². The highest BCUT2D eigenvalue weighted by Gasteiger charge is 2.52. The van der Waals surface area contributed by atoms with Crippen molar-refractivity contribution < 1.29 is 18.8 Å². The SMILES string of the molecule is O=C(Nc1ccc(F)cc1)N1CCC2(CC1)NC(=O)N(Cc1ccc(Cl)cc1)C2=O. The van der Waals surface area contributed by atoms with Gasteiger partial charge in [0.1, 0.15) is 11.4 Å². The van der Waals surface area contributed by atoms with Crippen LogP contribution < -0.4 is 10.6 Å². The van der Waals surface area contributed by atoms with E-state index in [1.165, 1.54) is 29.2 Å². The summed E-state index contributed by atoms with van der Waals surface area (Å²) in [7, 11) is 0. The van der Waals surface area contributed by atoms with Crippen LogP contribution in [0.3, 0.4) is 0 Å². The molecule has 0 unspecified atom stereocenters. The van der Waals surface area contributed by atoms with Gasteiger partial charge in [0.15, 0.2) is 0 Å². The van der Waals surface area contributed by atoms with Crippen LogP contribution in [0.2, 0.25) is 5.02 Å². The van der Waals surface area contributed by atoms with Gasteiger partial charge in [0.25, 0.3) is 5.91 Å². The fraction of sp³-hybridized carbons (Fsp3) is 0.286. The molecule has 1 spiro atoms. The predicted octanol–water partition coefficient (Wildman–Crippen LogP) is 3.60. The van der Waals surface area contributed by atoms with Gasteiger partial charge in [0.2, 0.25) is 0 Å². The Bertz CT molecular complexity index is 973. The van der Waals surface area contributed by atoms with E-state index in [1.54, 1.807) is 29.2 Å². The second kappa shape index (κ2) is 7.95. The van der Waals surface area contributed by atoms with Gasteiger partial charge in [-0.3, -0.25) is 9.69 Å². The molecule has 2 aromatic rings. The Kier molecular flexibility index (Phi) is 5.34. The summed E-state index contributed by atoms with van der Waals surface area (Å²) in [4.78, 5) is 40.7. The van der Waals surface area contributed by atoms with Crippen LogP contribution in [0.4, 0.5) is 19.7 Å². The van der Waals surface area contributed by atoms with E-state index in [9.17, 15) is 18.8 Å². The lowest BCUT2D eigenvalue weighted by Gasteiger charge is -2.37. The van der Waals surface area contributed by atoms with Crippen molar-refractivity contribution in [3.05, 3.63) is 64.9 Å². The highest BCUT2D eigenvalue weighted by atomic mass is 35.5. The number of urea groups is 2. The molecule has 0 bridgehead atoms. The molecule has 30 heavy (non-hydrogen) atoms. The van der Waals surface area contributed by atoms with E-state index in [1.807, 2.05) is 0 Å². The first kappa shape index (κ1) is 20.2. The maximum Gasteiger partial charge on any atom is 0.325 e. The average Bonchev–Trinajstić information content (AvgIpc) is 2.96. The Morgan fingerprint density at radius 1 is 1.07 bits per heavy atom. The number of amides is 5. The highest BCUT2D eigenvalue weighted by molar-refractivity contribution is 6.30. The molecule has 4 rings (SSSR count). The third-order valence-corrected chi connectivity index (χ3v) is 5.75. The number of nitrogens with one attached hydrogen (secondary N) is 2. The number of rotatable bonds is 3. The Labute approximate surface area is 177 Å². The number of likely N-dealkylation sites (tertiary alicyclic amines) is 1. The number of hydrogen-bond donors (Lipinski definition) is 2. The van der Waals surface area contributed by atoms with Crippen molar-refractivity contribution in [3.8, 4) is 0 Å². The summed E-state index contributed by atoms with van der Waals surface area (Å²) in [5.74, 6) is -0.660. The minimum Gasteiger partial charge on any atom is -0.324 e. The number of hydrogen-bond acceptors (Lipinski definition) is 3. The number of piperidine rings is 1. The number of halogens is 2.